The summed E-state index contributed by atoms with van der Waals surface area (Å²) in [6.07, 6.45) is 7.71. The molecule has 78 valence electrons. The van der Waals surface area contributed by atoms with Gasteiger partial charge in [0.1, 0.15) is 0 Å². The minimum Gasteiger partial charge on any atom is -0.365 e. The highest BCUT2D eigenvalue weighted by atomic mass is 32.1. The summed E-state index contributed by atoms with van der Waals surface area (Å²) in [6.45, 7) is 0. The van der Waals surface area contributed by atoms with Crippen LogP contribution in [-0.2, 0) is 12.8 Å². The Morgan fingerprint density at radius 1 is 1.33 bits per heavy atom. The molecule has 15 heavy (non-hydrogen) atoms. The second kappa shape index (κ2) is 4.89. The van der Waals surface area contributed by atoms with Crippen LogP contribution in [0.3, 0.4) is 0 Å². The molecule has 0 saturated heterocycles. The van der Waals surface area contributed by atoms with Crippen LogP contribution in [0.25, 0.3) is 0 Å². The Kier molecular flexibility index (Phi) is 3.29. The quantitative estimate of drug-likeness (QED) is 0.857. The Bertz CT molecular complexity index is 411. The smallest absolute Gasteiger partial charge is 0.182 e. The molecule has 0 aliphatic heterocycles. The van der Waals surface area contributed by atoms with Gasteiger partial charge in [-0.25, -0.2) is 4.98 Å². The van der Waals surface area contributed by atoms with Crippen molar-refractivity contribution in [1.29, 1.82) is 0 Å². The maximum Gasteiger partial charge on any atom is 0.182 e. The van der Waals surface area contributed by atoms with E-state index < -0.39 is 0 Å². The number of nitrogens with one attached hydrogen (secondary N) is 1. The molecule has 0 spiro atoms. The molecule has 0 fully saturated rings. The van der Waals surface area contributed by atoms with Crippen LogP contribution in [0.4, 0.5) is 5.13 Å². The van der Waals surface area contributed by atoms with E-state index in [9.17, 15) is 0 Å². The number of anilines is 1. The van der Waals surface area contributed by atoms with Crippen LogP contribution in [0.1, 0.15) is 10.4 Å². The molecular formula is C11H13N3S. The first kappa shape index (κ1) is 10.1. The van der Waals surface area contributed by atoms with Gasteiger partial charge in [-0.15, -0.1) is 11.3 Å². The van der Waals surface area contributed by atoms with Crippen molar-refractivity contribution in [2.75, 3.05) is 12.4 Å². The monoisotopic (exact) mass is 219 g/mol. The van der Waals surface area contributed by atoms with E-state index in [4.69, 9.17) is 0 Å². The lowest BCUT2D eigenvalue weighted by atomic mass is 10.1. The molecule has 1 N–H and O–H groups in total. The Hall–Kier alpha value is -1.42. The van der Waals surface area contributed by atoms with E-state index in [1.54, 1.807) is 17.5 Å². The fraction of sp³-hybridized carbons (Fsp3) is 0.273. The van der Waals surface area contributed by atoms with Crippen molar-refractivity contribution in [1.82, 2.24) is 9.97 Å². The van der Waals surface area contributed by atoms with Crippen LogP contribution in [0.5, 0.6) is 0 Å². The minimum atomic E-state index is 0.983. The largest absolute Gasteiger partial charge is 0.365 e. The number of aryl methyl sites for hydroxylation is 2. The number of nitrogens with zero attached hydrogens (tertiary/aromatic N) is 2. The van der Waals surface area contributed by atoms with Gasteiger partial charge in [-0.3, -0.25) is 4.98 Å². The second-order valence-corrected chi connectivity index (χ2v) is 4.36. The van der Waals surface area contributed by atoms with E-state index in [2.05, 4.69) is 21.4 Å². The van der Waals surface area contributed by atoms with Crippen molar-refractivity contribution >= 4 is 16.5 Å². The van der Waals surface area contributed by atoms with E-state index in [-0.39, 0.29) is 0 Å². The summed E-state index contributed by atoms with van der Waals surface area (Å²) < 4.78 is 0. The fourth-order valence-corrected chi connectivity index (χ4v) is 2.12. The molecule has 2 rings (SSSR count). The first-order chi connectivity index (χ1) is 7.38. The van der Waals surface area contributed by atoms with Gasteiger partial charge in [0.2, 0.25) is 0 Å². The molecular weight excluding hydrogens is 206 g/mol. The third kappa shape index (κ3) is 2.76. The highest BCUT2D eigenvalue weighted by Gasteiger charge is 2.00. The van der Waals surface area contributed by atoms with Gasteiger partial charge in [-0.1, -0.05) is 6.07 Å². The molecule has 4 heteroatoms. The van der Waals surface area contributed by atoms with Gasteiger partial charge in [0.15, 0.2) is 5.13 Å². The van der Waals surface area contributed by atoms with E-state index in [0.29, 0.717) is 0 Å². The predicted octanol–water partition coefficient (Wildman–Crippen LogP) is 2.37. The zero-order valence-electron chi connectivity index (χ0n) is 8.60. The zero-order chi connectivity index (χ0) is 10.5. The Morgan fingerprint density at radius 2 is 2.27 bits per heavy atom. The molecule has 0 atom stereocenters. The summed E-state index contributed by atoms with van der Waals surface area (Å²) >= 11 is 1.71. The summed E-state index contributed by atoms with van der Waals surface area (Å²) in [7, 11) is 1.89. The Balaban J connectivity index is 1.93. The Labute approximate surface area is 93.2 Å². The lowest BCUT2D eigenvalue weighted by molar-refractivity contribution is 0.965. The highest BCUT2D eigenvalue weighted by Crippen LogP contribution is 2.18. The van der Waals surface area contributed by atoms with Gasteiger partial charge in [0.05, 0.1) is 0 Å². The van der Waals surface area contributed by atoms with Crippen molar-refractivity contribution in [2.24, 2.45) is 0 Å². The van der Waals surface area contributed by atoms with Crippen LogP contribution in [0.2, 0.25) is 0 Å². The van der Waals surface area contributed by atoms with Crippen molar-refractivity contribution in [3.05, 3.63) is 41.2 Å². The standard InChI is InChI=1S/C11H13N3S/c1-12-11-14-8-10(15-11)5-4-9-3-2-6-13-7-9/h2-3,6-8H,4-5H2,1H3,(H,12,14). The number of aromatic nitrogens is 2. The number of hydrogen-bond acceptors (Lipinski definition) is 4. The molecule has 2 heterocycles. The lowest BCUT2D eigenvalue weighted by Crippen LogP contribution is -1.88. The molecule has 0 bridgehead atoms. The number of thiazole rings is 1. The molecule has 0 saturated carbocycles. The average Bonchev–Trinajstić information content (AvgIpc) is 2.76. The molecule has 3 nitrogen and oxygen atoms in total. The van der Waals surface area contributed by atoms with Gasteiger partial charge in [0.25, 0.3) is 0 Å². The van der Waals surface area contributed by atoms with Crippen LogP contribution in [0, 0.1) is 0 Å². The first-order valence-corrected chi connectivity index (χ1v) is 5.71. The van der Waals surface area contributed by atoms with Crippen molar-refractivity contribution < 1.29 is 0 Å². The molecule has 0 amide bonds. The zero-order valence-corrected chi connectivity index (χ0v) is 9.42. The third-order valence-corrected chi connectivity index (χ3v) is 3.22. The molecule has 2 aromatic rings. The maximum absolute atomic E-state index is 4.24. The SMILES string of the molecule is CNc1ncc(CCc2cccnc2)s1. The molecule has 0 aliphatic rings. The second-order valence-electron chi connectivity index (χ2n) is 3.24. The normalized spacial score (nSPS) is 10.2. The van der Waals surface area contributed by atoms with Crippen molar-refractivity contribution in [2.45, 2.75) is 12.8 Å². The van der Waals surface area contributed by atoms with E-state index in [1.165, 1.54) is 10.4 Å². The Morgan fingerprint density at radius 3 is 2.93 bits per heavy atom. The van der Waals surface area contributed by atoms with Gasteiger partial charge in [-0.2, -0.15) is 0 Å². The van der Waals surface area contributed by atoms with Gasteiger partial charge in [-0.05, 0) is 24.5 Å². The summed E-state index contributed by atoms with van der Waals surface area (Å²) in [5.41, 5.74) is 1.27. The van der Waals surface area contributed by atoms with E-state index >= 15 is 0 Å². The average molecular weight is 219 g/mol. The van der Waals surface area contributed by atoms with E-state index in [1.807, 2.05) is 25.5 Å². The van der Waals surface area contributed by atoms with Crippen LogP contribution < -0.4 is 5.32 Å². The lowest BCUT2D eigenvalue weighted by Gasteiger charge is -1.97. The van der Waals surface area contributed by atoms with Crippen molar-refractivity contribution in [3.8, 4) is 0 Å². The summed E-state index contributed by atoms with van der Waals surface area (Å²) in [6, 6.07) is 4.08. The predicted molar refractivity (Wildman–Crippen MR) is 63.3 cm³/mol. The molecule has 0 unspecified atom stereocenters. The summed E-state index contributed by atoms with van der Waals surface area (Å²) in [5.74, 6) is 0. The molecule has 2 aromatic heterocycles. The third-order valence-electron chi connectivity index (χ3n) is 2.15. The number of rotatable bonds is 4. The topological polar surface area (TPSA) is 37.8 Å². The number of pyridine rings is 1. The van der Waals surface area contributed by atoms with Gasteiger partial charge in [0, 0.05) is 30.5 Å². The van der Waals surface area contributed by atoms with Crippen LogP contribution >= 0.6 is 11.3 Å². The molecule has 0 aliphatic carbocycles. The first-order valence-electron chi connectivity index (χ1n) is 4.90. The van der Waals surface area contributed by atoms with Crippen molar-refractivity contribution in [3.63, 3.8) is 0 Å². The van der Waals surface area contributed by atoms with Crippen LogP contribution in [-0.4, -0.2) is 17.0 Å². The van der Waals surface area contributed by atoms with Crippen LogP contribution in [0.15, 0.2) is 30.7 Å². The van der Waals surface area contributed by atoms with E-state index in [0.717, 1.165) is 18.0 Å². The maximum atomic E-state index is 4.24. The van der Waals surface area contributed by atoms with Gasteiger partial charge < -0.3 is 5.32 Å². The number of hydrogen-bond donors (Lipinski definition) is 1. The highest BCUT2D eigenvalue weighted by molar-refractivity contribution is 7.15. The van der Waals surface area contributed by atoms with Gasteiger partial charge >= 0.3 is 0 Å². The molecule has 0 aromatic carbocycles. The summed E-state index contributed by atoms with van der Waals surface area (Å²) in [4.78, 5) is 9.64. The summed E-state index contributed by atoms with van der Waals surface area (Å²) in [5, 5.41) is 4.02. The minimum absolute atomic E-state index is 0.983. The molecule has 0 radical (unpaired) electrons. The fourth-order valence-electron chi connectivity index (χ4n) is 1.35.